The Morgan fingerprint density at radius 3 is 2.48 bits per heavy atom. The van der Waals surface area contributed by atoms with Crippen molar-refractivity contribution < 1.29 is 0 Å². The average molecular weight is 306 g/mol. The summed E-state index contributed by atoms with van der Waals surface area (Å²) >= 11 is 0. The Morgan fingerprint density at radius 1 is 1.04 bits per heavy atom. The van der Waals surface area contributed by atoms with Crippen LogP contribution in [-0.2, 0) is 13.0 Å². The summed E-state index contributed by atoms with van der Waals surface area (Å²) in [4.78, 5) is 3.36. The van der Waals surface area contributed by atoms with Gasteiger partial charge in [0.2, 0.25) is 0 Å². The normalized spacial score (nSPS) is 12.7. The fourth-order valence-electron chi connectivity index (χ4n) is 3.47. The highest BCUT2D eigenvalue weighted by Crippen LogP contribution is 2.20. The fourth-order valence-corrected chi connectivity index (χ4v) is 3.47. The molecule has 2 heteroatoms. The van der Waals surface area contributed by atoms with E-state index in [0.717, 1.165) is 13.0 Å². The van der Waals surface area contributed by atoms with Crippen molar-refractivity contribution in [3.05, 3.63) is 70.4 Å². The first-order valence-electron chi connectivity index (χ1n) is 8.39. The molecule has 0 fully saturated rings. The van der Waals surface area contributed by atoms with Crippen molar-refractivity contribution in [2.24, 2.45) is 0 Å². The van der Waals surface area contributed by atoms with Gasteiger partial charge in [0.15, 0.2) is 0 Å². The number of benzene rings is 2. The first kappa shape index (κ1) is 15.8. The van der Waals surface area contributed by atoms with Crippen LogP contribution in [0, 0.1) is 20.8 Å². The van der Waals surface area contributed by atoms with Crippen molar-refractivity contribution in [2.75, 3.05) is 0 Å². The summed E-state index contributed by atoms with van der Waals surface area (Å²) in [5.74, 6) is 0. The minimum absolute atomic E-state index is 0.439. The molecule has 120 valence electrons. The minimum Gasteiger partial charge on any atom is -0.361 e. The molecule has 2 N–H and O–H groups in total. The monoisotopic (exact) mass is 306 g/mol. The van der Waals surface area contributed by atoms with Gasteiger partial charge in [-0.1, -0.05) is 35.9 Å². The SMILES string of the molecule is Cc1cc(C)c(CNC(C)Cc2c[nH]c3ccccc23)c(C)c1. The predicted octanol–water partition coefficient (Wildman–Crippen LogP) is 4.81. The maximum atomic E-state index is 3.69. The first-order valence-corrected chi connectivity index (χ1v) is 8.39. The van der Waals surface area contributed by atoms with Crippen LogP contribution < -0.4 is 5.32 Å². The molecule has 0 amide bonds. The Morgan fingerprint density at radius 2 is 1.74 bits per heavy atom. The smallest absolute Gasteiger partial charge is 0.0456 e. The van der Waals surface area contributed by atoms with Gasteiger partial charge in [0, 0.05) is 29.7 Å². The number of rotatable bonds is 5. The van der Waals surface area contributed by atoms with E-state index in [1.807, 2.05) is 0 Å². The maximum absolute atomic E-state index is 3.69. The van der Waals surface area contributed by atoms with Crippen LogP contribution in [0.5, 0.6) is 0 Å². The molecule has 3 aromatic rings. The Kier molecular flexibility index (Phi) is 4.53. The second-order valence-corrected chi connectivity index (χ2v) is 6.72. The van der Waals surface area contributed by atoms with Crippen molar-refractivity contribution in [2.45, 2.75) is 46.7 Å². The van der Waals surface area contributed by atoms with E-state index >= 15 is 0 Å². The summed E-state index contributed by atoms with van der Waals surface area (Å²) in [6, 6.07) is 13.5. The van der Waals surface area contributed by atoms with Gasteiger partial charge >= 0.3 is 0 Å². The van der Waals surface area contributed by atoms with Crippen molar-refractivity contribution in [1.82, 2.24) is 10.3 Å². The van der Waals surface area contributed by atoms with Gasteiger partial charge in [-0.2, -0.15) is 0 Å². The number of aromatic amines is 1. The highest BCUT2D eigenvalue weighted by Gasteiger charge is 2.10. The molecule has 0 bridgehead atoms. The number of H-pyrrole nitrogens is 1. The lowest BCUT2D eigenvalue weighted by Gasteiger charge is -2.17. The molecule has 2 aromatic carbocycles. The number of hydrogen-bond acceptors (Lipinski definition) is 1. The molecular formula is C21H26N2. The molecule has 2 nitrogen and oxygen atoms in total. The van der Waals surface area contributed by atoms with E-state index in [-0.39, 0.29) is 0 Å². The summed E-state index contributed by atoms with van der Waals surface area (Å²) in [5, 5.41) is 5.03. The summed E-state index contributed by atoms with van der Waals surface area (Å²) in [5.41, 5.74) is 8.15. The molecule has 0 spiro atoms. The van der Waals surface area contributed by atoms with Crippen LogP contribution >= 0.6 is 0 Å². The summed E-state index contributed by atoms with van der Waals surface area (Å²) in [7, 11) is 0. The van der Waals surface area contributed by atoms with Crippen molar-refractivity contribution in [3.8, 4) is 0 Å². The van der Waals surface area contributed by atoms with Crippen LogP contribution in [0.1, 0.15) is 34.7 Å². The third kappa shape index (κ3) is 3.48. The van der Waals surface area contributed by atoms with E-state index in [1.165, 1.54) is 38.7 Å². The zero-order valence-electron chi connectivity index (χ0n) is 14.5. The van der Waals surface area contributed by atoms with E-state index in [1.54, 1.807) is 0 Å². The third-order valence-corrected chi connectivity index (χ3v) is 4.67. The minimum atomic E-state index is 0.439. The lowest BCUT2D eigenvalue weighted by atomic mass is 9.99. The molecule has 23 heavy (non-hydrogen) atoms. The molecule has 1 aromatic heterocycles. The van der Waals surface area contributed by atoms with Crippen LogP contribution in [0.2, 0.25) is 0 Å². The van der Waals surface area contributed by atoms with E-state index in [4.69, 9.17) is 0 Å². The fraction of sp³-hybridized carbons (Fsp3) is 0.333. The van der Waals surface area contributed by atoms with Gasteiger partial charge in [0.05, 0.1) is 0 Å². The Labute approximate surface area is 138 Å². The largest absolute Gasteiger partial charge is 0.361 e. The van der Waals surface area contributed by atoms with Gasteiger partial charge in [-0.05, 0) is 62.4 Å². The lowest BCUT2D eigenvalue weighted by molar-refractivity contribution is 0.544. The standard InChI is InChI=1S/C21H26N2/c1-14-9-15(2)20(16(3)10-14)13-22-17(4)11-18-12-23-21-8-6-5-7-19(18)21/h5-10,12,17,22-23H,11,13H2,1-4H3. The van der Waals surface area contributed by atoms with E-state index < -0.39 is 0 Å². The summed E-state index contributed by atoms with van der Waals surface area (Å²) < 4.78 is 0. The lowest BCUT2D eigenvalue weighted by Crippen LogP contribution is -2.28. The predicted molar refractivity (Wildman–Crippen MR) is 99.0 cm³/mol. The molecule has 0 aliphatic carbocycles. The Bertz CT molecular complexity index is 791. The van der Waals surface area contributed by atoms with Crippen molar-refractivity contribution in [3.63, 3.8) is 0 Å². The molecule has 1 atom stereocenters. The van der Waals surface area contributed by atoms with Crippen molar-refractivity contribution >= 4 is 10.9 Å². The quantitative estimate of drug-likeness (QED) is 0.695. The van der Waals surface area contributed by atoms with Crippen LogP contribution in [0.25, 0.3) is 10.9 Å². The number of aromatic nitrogens is 1. The number of hydrogen-bond donors (Lipinski definition) is 2. The van der Waals surface area contributed by atoms with Gasteiger partial charge in [-0.15, -0.1) is 0 Å². The van der Waals surface area contributed by atoms with E-state index in [2.05, 4.69) is 80.6 Å². The second kappa shape index (κ2) is 6.59. The topological polar surface area (TPSA) is 27.8 Å². The molecular weight excluding hydrogens is 280 g/mol. The number of nitrogens with one attached hydrogen (secondary N) is 2. The van der Waals surface area contributed by atoms with Crippen molar-refractivity contribution in [1.29, 1.82) is 0 Å². The van der Waals surface area contributed by atoms with E-state index in [0.29, 0.717) is 6.04 Å². The Balaban J connectivity index is 1.67. The van der Waals surface area contributed by atoms with Gasteiger partial charge in [0.1, 0.15) is 0 Å². The van der Waals surface area contributed by atoms with Gasteiger partial charge in [-0.25, -0.2) is 0 Å². The highest BCUT2D eigenvalue weighted by molar-refractivity contribution is 5.83. The van der Waals surface area contributed by atoms with Crippen LogP contribution in [0.15, 0.2) is 42.6 Å². The molecule has 0 radical (unpaired) electrons. The third-order valence-electron chi connectivity index (χ3n) is 4.67. The van der Waals surface area contributed by atoms with E-state index in [9.17, 15) is 0 Å². The average Bonchev–Trinajstić information content (AvgIpc) is 2.89. The molecule has 0 aliphatic rings. The first-order chi connectivity index (χ1) is 11.0. The number of para-hydroxylation sites is 1. The molecule has 0 aliphatic heterocycles. The molecule has 0 saturated carbocycles. The second-order valence-electron chi connectivity index (χ2n) is 6.72. The maximum Gasteiger partial charge on any atom is 0.0456 e. The summed E-state index contributed by atoms with van der Waals surface area (Å²) in [6.07, 6.45) is 3.18. The van der Waals surface area contributed by atoms with Gasteiger partial charge in [-0.3, -0.25) is 0 Å². The highest BCUT2D eigenvalue weighted by atomic mass is 14.9. The molecule has 1 unspecified atom stereocenters. The molecule has 1 heterocycles. The van der Waals surface area contributed by atoms with Gasteiger partial charge in [0.25, 0.3) is 0 Å². The molecule has 3 rings (SSSR count). The Hall–Kier alpha value is -2.06. The van der Waals surface area contributed by atoms with Crippen LogP contribution in [-0.4, -0.2) is 11.0 Å². The molecule has 0 saturated heterocycles. The number of aryl methyl sites for hydroxylation is 3. The van der Waals surface area contributed by atoms with Crippen LogP contribution in [0.3, 0.4) is 0 Å². The summed E-state index contributed by atoms with van der Waals surface area (Å²) in [6.45, 7) is 9.78. The van der Waals surface area contributed by atoms with Crippen LogP contribution in [0.4, 0.5) is 0 Å². The van der Waals surface area contributed by atoms with Gasteiger partial charge < -0.3 is 10.3 Å². The zero-order chi connectivity index (χ0) is 16.4. The number of fused-ring (bicyclic) bond motifs is 1. The zero-order valence-corrected chi connectivity index (χ0v) is 14.5.